The van der Waals surface area contributed by atoms with Gasteiger partial charge < -0.3 is 4.98 Å². The molecule has 0 fully saturated rings. The van der Waals surface area contributed by atoms with Crippen LogP contribution in [0.15, 0.2) is 34.6 Å². The number of oxime groups is 2. The first-order valence-electron chi connectivity index (χ1n) is 4.43. The van der Waals surface area contributed by atoms with Crippen molar-refractivity contribution in [2.24, 2.45) is 10.3 Å². The number of hydrogen-bond acceptors (Lipinski definition) is 4. The Morgan fingerprint density at radius 3 is 3.00 bits per heavy atom. The SMILES string of the molecule is C=NO/N=C(\C)c1nc2ccccc2[nH]1. The summed E-state index contributed by atoms with van der Waals surface area (Å²) in [5.74, 6) is 0.667. The summed E-state index contributed by atoms with van der Waals surface area (Å²) in [7, 11) is 0. The molecular weight excluding hydrogens is 192 g/mol. The minimum atomic E-state index is 0.624. The Balaban J connectivity index is 2.40. The van der Waals surface area contributed by atoms with Crippen molar-refractivity contribution in [3.8, 4) is 0 Å². The summed E-state index contributed by atoms with van der Waals surface area (Å²) in [6, 6.07) is 7.75. The molecule has 2 rings (SSSR count). The van der Waals surface area contributed by atoms with Crippen molar-refractivity contribution < 1.29 is 4.94 Å². The van der Waals surface area contributed by atoms with Gasteiger partial charge in [0.25, 0.3) is 0 Å². The van der Waals surface area contributed by atoms with E-state index in [1.165, 1.54) is 0 Å². The lowest BCUT2D eigenvalue weighted by molar-refractivity contribution is 0.158. The summed E-state index contributed by atoms with van der Waals surface area (Å²) in [5.41, 5.74) is 2.49. The van der Waals surface area contributed by atoms with Crippen molar-refractivity contribution in [3.63, 3.8) is 0 Å². The molecule has 0 aliphatic heterocycles. The fraction of sp³-hybridized carbons (Fsp3) is 0.100. The van der Waals surface area contributed by atoms with E-state index in [9.17, 15) is 0 Å². The fourth-order valence-corrected chi connectivity index (χ4v) is 1.26. The van der Waals surface area contributed by atoms with Crippen molar-refractivity contribution in [2.75, 3.05) is 0 Å². The molecule has 1 aromatic heterocycles. The van der Waals surface area contributed by atoms with Gasteiger partial charge in [-0.2, -0.15) is 0 Å². The topological polar surface area (TPSA) is 62.6 Å². The zero-order chi connectivity index (χ0) is 10.7. The van der Waals surface area contributed by atoms with Gasteiger partial charge in [0, 0.05) is 6.72 Å². The maximum atomic E-state index is 4.49. The van der Waals surface area contributed by atoms with Gasteiger partial charge in [0.05, 0.1) is 11.0 Å². The molecule has 1 N–H and O–H groups in total. The molecule has 2 aromatic rings. The lowest BCUT2D eigenvalue weighted by Gasteiger charge is -1.91. The second kappa shape index (κ2) is 3.91. The van der Waals surface area contributed by atoms with Gasteiger partial charge in [-0.15, -0.1) is 0 Å². The first-order chi connectivity index (χ1) is 7.31. The number of fused-ring (bicyclic) bond motifs is 1. The van der Waals surface area contributed by atoms with E-state index in [4.69, 9.17) is 0 Å². The number of hydrogen-bond donors (Lipinski definition) is 1. The molecule has 0 saturated carbocycles. The summed E-state index contributed by atoms with van der Waals surface area (Å²) in [4.78, 5) is 11.9. The Kier molecular flexibility index (Phi) is 2.45. The molecule has 0 unspecified atom stereocenters. The van der Waals surface area contributed by atoms with E-state index in [-0.39, 0.29) is 0 Å². The maximum absolute atomic E-state index is 4.49. The molecule has 5 nitrogen and oxygen atoms in total. The van der Waals surface area contributed by atoms with Crippen LogP contribution in [-0.2, 0) is 4.94 Å². The van der Waals surface area contributed by atoms with Crippen LogP contribution in [0.4, 0.5) is 0 Å². The molecule has 1 aromatic carbocycles. The molecule has 1 heterocycles. The Bertz CT molecular complexity index is 482. The first-order valence-corrected chi connectivity index (χ1v) is 4.43. The second-order valence-electron chi connectivity index (χ2n) is 2.99. The number of nitrogens with zero attached hydrogens (tertiary/aromatic N) is 3. The molecule has 15 heavy (non-hydrogen) atoms. The predicted molar refractivity (Wildman–Crippen MR) is 58.9 cm³/mol. The molecule has 0 radical (unpaired) electrons. The van der Waals surface area contributed by atoms with Crippen LogP contribution >= 0.6 is 0 Å². The van der Waals surface area contributed by atoms with Crippen molar-refractivity contribution >= 4 is 23.5 Å². The minimum Gasteiger partial charge on any atom is -0.337 e. The number of nitrogens with one attached hydrogen (secondary N) is 1. The van der Waals surface area contributed by atoms with Gasteiger partial charge in [-0.05, 0) is 19.1 Å². The quantitative estimate of drug-likeness (QED) is 0.610. The average Bonchev–Trinajstić information content (AvgIpc) is 2.69. The van der Waals surface area contributed by atoms with E-state index in [0.29, 0.717) is 11.5 Å². The largest absolute Gasteiger partial charge is 0.337 e. The summed E-state index contributed by atoms with van der Waals surface area (Å²) in [6.45, 7) is 4.94. The number of benzene rings is 1. The summed E-state index contributed by atoms with van der Waals surface area (Å²) in [6.07, 6.45) is 0. The monoisotopic (exact) mass is 202 g/mol. The summed E-state index contributed by atoms with van der Waals surface area (Å²) < 4.78 is 0. The van der Waals surface area contributed by atoms with E-state index in [2.05, 4.69) is 31.9 Å². The van der Waals surface area contributed by atoms with Crippen molar-refractivity contribution in [3.05, 3.63) is 30.1 Å². The average molecular weight is 202 g/mol. The summed E-state index contributed by atoms with van der Waals surface area (Å²) >= 11 is 0. The molecule has 0 saturated heterocycles. The zero-order valence-corrected chi connectivity index (χ0v) is 8.27. The molecular formula is C10H10N4O. The highest BCUT2D eigenvalue weighted by molar-refractivity contribution is 5.97. The highest BCUT2D eigenvalue weighted by Gasteiger charge is 2.04. The van der Waals surface area contributed by atoms with Crippen molar-refractivity contribution in [1.29, 1.82) is 0 Å². The number of imidazole rings is 1. The molecule has 0 spiro atoms. The van der Waals surface area contributed by atoms with E-state index >= 15 is 0 Å². The molecule has 0 atom stereocenters. The number of H-pyrrole nitrogens is 1. The van der Waals surface area contributed by atoms with Gasteiger partial charge in [-0.25, -0.2) is 9.92 Å². The minimum absolute atomic E-state index is 0.624. The van der Waals surface area contributed by atoms with Crippen LogP contribution in [0.1, 0.15) is 12.7 Å². The number of aromatic amines is 1. The zero-order valence-electron chi connectivity index (χ0n) is 8.27. The van der Waals surface area contributed by atoms with Crippen LogP contribution in [0.2, 0.25) is 0 Å². The van der Waals surface area contributed by atoms with Gasteiger partial charge in [-0.3, -0.25) is 0 Å². The van der Waals surface area contributed by atoms with Crippen molar-refractivity contribution in [1.82, 2.24) is 9.97 Å². The fourth-order valence-electron chi connectivity index (χ4n) is 1.26. The first kappa shape index (κ1) is 9.39. The summed E-state index contributed by atoms with van der Waals surface area (Å²) in [5, 5.41) is 6.88. The lowest BCUT2D eigenvalue weighted by Crippen LogP contribution is -1.97. The Morgan fingerprint density at radius 2 is 2.27 bits per heavy atom. The third-order valence-corrected chi connectivity index (χ3v) is 1.97. The lowest BCUT2D eigenvalue weighted by atomic mass is 10.3. The predicted octanol–water partition coefficient (Wildman–Crippen LogP) is 1.92. The standard InChI is InChI=1S/C10H10N4O/c1-7(14-15-11-2)10-12-8-5-3-4-6-9(8)13-10/h3-6H,2H2,1H3,(H,12,13)/b14-7+. The normalized spacial score (nSPS) is 11.7. The molecule has 76 valence electrons. The molecule has 0 aliphatic carbocycles. The van der Waals surface area contributed by atoms with Gasteiger partial charge in [0.15, 0.2) is 5.82 Å². The van der Waals surface area contributed by atoms with E-state index in [1.807, 2.05) is 24.3 Å². The molecule has 0 bridgehead atoms. The number of para-hydroxylation sites is 2. The van der Waals surface area contributed by atoms with E-state index in [0.717, 1.165) is 11.0 Å². The smallest absolute Gasteiger partial charge is 0.156 e. The Morgan fingerprint density at radius 1 is 1.47 bits per heavy atom. The Labute approximate surface area is 86.4 Å². The van der Waals surface area contributed by atoms with Crippen LogP contribution in [0.25, 0.3) is 11.0 Å². The van der Waals surface area contributed by atoms with Crippen LogP contribution in [0.5, 0.6) is 0 Å². The number of rotatable bonds is 3. The number of aromatic nitrogens is 2. The molecule has 0 aliphatic rings. The van der Waals surface area contributed by atoms with E-state index in [1.54, 1.807) is 6.92 Å². The van der Waals surface area contributed by atoms with Crippen LogP contribution in [-0.4, -0.2) is 22.4 Å². The Hall–Kier alpha value is -2.17. The van der Waals surface area contributed by atoms with Gasteiger partial charge in [-0.1, -0.05) is 22.4 Å². The van der Waals surface area contributed by atoms with Gasteiger partial charge in [0.1, 0.15) is 5.71 Å². The highest BCUT2D eigenvalue weighted by atomic mass is 16.8. The molecule has 5 heteroatoms. The highest BCUT2D eigenvalue weighted by Crippen LogP contribution is 2.10. The third-order valence-electron chi connectivity index (χ3n) is 1.97. The van der Waals surface area contributed by atoms with Gasteiger partial charge in [0.2, 0.25) is 0 Å². The van der Waals surface area contributed by atoms with Crippen molar-refractivity contribution in [2.45, 2.75) is 6.92 Å². The van der Waals surface area contributed by atoms with Crippen LogP contribution in [0.3, 0.4) is 0 Å². The van der Waals surface area contributed by atoms with E-state index < -0.39 is 0 Å². The third kappa shape index (κ3) is 1.85. The molecule has 0 amide bonds. The van der Waals surface area contributed by atoms with Crippen LogP contribution < -0.4 is 0 Å². The van der Waals surface area contributed by atoms with Gasteiger partial charge >= 0.3 is 0 Å². The van der Waals surface area contributed by atoms with Crippen LogP contribution in [0, 0.1) is 0 Å². The maximum Gasteiger partial charge on any atom is 0.156 e. The second-order valence-corrected chi connectivity index (χ2v) is 2.99.